The molecular weight excluding hydrogens is 342 g/mol. The average molecular weight is 351 g/mol. The van der Waals surface area contributed by atoms with Crippen LogP contribution in [-0.4, -0.2) is 26.0 Å². The van der Waals surface area contributed by atoms with Crippen LogP contribution in [0.1, 0.15) is 0 Å². The fourth-order valence-corrected chi connectivity index (χ4v) is 2.08. The van der Waals surface area contributed by atoms with Crippen LogP contribution in [0.15, 0.2) is 36.5 Å². The van der Waals surface area contributed by atoms with E-state index in [0.29, 0.717) is 5.56 Å². The van der Waals surface area contributed by atoms with Crippen molar-refractivity contribution >= 4 is 10.1 Å². The van der Waals surface area contributed by atoms with Crippen molar-refractivity contribution in [3.05, 3.63) is 42.3 Å². The summed E-state index contributed by atoms with van der Waals surface area (Å²) in [6.45, 7) is 0. The molecule has 0 bridgehead atoms. The number of pyridine rings is 1. The zero-order valence-corrected chi connectivity index (χ0v) is 12.3. The molecule has 0 aliphatic rings. The number of aromatic nitrogens is 1. The van der Waals surface area contributed by atoms with Gasteiger partial charge in [0.1, 0.15) is 0 Å². The fraction of sp³-hybridized carbons (Fsp3) is 0.154. The predicted octanol–water partition coefficient (Wildman–Crippen LogP) is 3.12. The molecule has 2 rings (SSSR count). The van der Waals surface area contributed by atoms with Crippen molar-refractivity contribution in [3.63, 3.8) is 0 Å². The molecule has 1 aromatic heterocycles. The number of rotatable bonds is 4. The molecule has 0 fully saturated rings. The molecule has 124 valence electrons. The summed E-state index contributed by atoms with van der Waals surface area (Å²) in [4.78, 5) is 3.85. The van der Waals surface area contributed by atoms with Crippen LogP contribution in [0.5, 0.6) is 11.6 Å². The lowest BCUT2D eigenvalue weighted by Crippen LogP contribution is -2.28. The molecule has 10 heteroatoms. The third kappa shape index (κ3) is 3.70. The predicted molar refractivity (Wildman–Crippen MR) is 71.8 cm³/mol. The number of alkyl halides is 3. The monoisotopic (exact) mass is 351 g/mol. The number of benzene rings is 1. The maximum absolute atomic E-state index is 13.8. The second-order valence-corrected chi connectivity index (χ2v) is 5.75. The maximum atomic E-state index is 13.8. The first-order valence-corrected chi connectivity index (χ1v) is 7.35. The quantitative estimate of drug-likeness (QED) is 0.481. The molecule has 1 heterocycles. The highest BCUT2D eigenvalue weighted by molar-refractivity contribution is 7.88. The van der Waals surface area contributed by atoms with Gasteiger partial charge in [-0.2, -0.15) is 21.6 Å². The van der Waals surface area contributed by atoms with Crippen LogP contribution < -0.4 is 8.92 Å². The molecule has 0 saturated carbocycles. The summed E-state index contributed by atoms with van der Waals surface area (Å²) in [5.74, 6) is -2.05. The standard InChI is InChI=1S/C13H9F4NO4S/c1-21-12-7-9(4-5-18-12)8-2-3-11(10(14)6-8)22-23(19,20)13(15,16)17/h2-7H,1H3. The minimum absolute atomic E-state index is 0.253. The van der Waals surface area contributed by atoms with Gasteiger partial charge in [0.05, 0.1) is 7.11 Å². The molecule has 0 radical (unpaired) electrons. The molecule has 23 heavy (non-hydrogen) atoms. The van der Waals surface area contributed by atoms with Crippen molar-refractivity contribution in [1.82, 2.24) is 4.98 Å². The SMILES string of the molecule is COc1cc(-c2ccc(OS(=O)(=O)C(F)(F)F)c(F)c2)ccn1. The molecule has 0 aliphatic carbocycles. The molecule has 0 atom stereocenters. The number of hydrogen-bond acceptors (Lipinski definition) is 5. The minimum Gasteiger partial charge on any atom is -0.481 e. The first-order chi connectivity index (χ1) is 10.6. The van der Waals surface area contributed by atoms with Gasteiger partial charge in [-0.25, -0.2) is 9.37 Å². The van der Waals surface area contributed by atoms with Crippen molar-refractivity contribution < 1.29 is 34.9 Å². The smallest absolute Gasteiger partial charge is 0.481 e. The van der Waals surface area contributed by atoms with Crippen LogP contribution in [0.4, 0.5) is 17.6 Å². The van der Waals surface area contributed by atoms with Crippen LogP contribution in [0.3, 0.4) is 0 Å². The molecule has 0 saturated heterocycles. The Bertz CT molecular complexity index is 821. The van der Waals surface area contributed by atoms with Crippen molar-refractivity contribution in [1.29, 1.82) is 0 Å². The van der Waals surface area contributed by atoms with E-state index in [9.17, 15) is 26.0 Å². The molecule has 5 nitrogen and oxygen atoms in total. The van der Waals surface area contributed by atoms with Gasteiger partial charge in [-0.05, 0) is 29.3 Å². The van der Waals surface area contributed by atoms with Crippen LogP contribution in [0, 0.1) is 5.82 Å². The third-order valence-corrected chi connectivity index (χ3v) is 3.66. The van der Waals surface area contributed by atoms with Gasteiger partial charge in [-0.3, -0.25) is 0 Å². The Morgan fingerprint density at radius 3 is 2.30 bits per heavy atom. The van der Waals surface area contributed by atoms with Gasteiger partial charge in [0, 0.05) is 12.3 Å². The third-order valence-electron chi connectivity index (χ3n) is 2.69. The zero-order chi connectivity index (χ0) is 17.3. The zero-order valence-electron chi connectivity index (χ0n) is 11.5. The first-order valence-electron chi connectivity index (χ1n) is 5.95. The molecule has 0 amide bonds. The lowest BCUT2D eigenvalue weighted by molar-refractivity contribution is -0.0500. The van der Waals surface area contributed by atoms with Crippen molar-refractivity contribution in [2.24, 2.45) is 0 Å². The normalized spacial score (nSPS) is 12.0. The molecule has 0 spiro atoms. The van der Waals surface area contributed by atoms with Gasteiger partial charge in [0.25, 0.3) is 0 Å². The Morgan fingerprint density at radius 2 is 1.74 bits per heavy atom. The second-order valence-electron chi connectivity index (χ2n) is 4.22. The molecule has 1 aromatic carbocycles. The minimum atomic E-state index is -5.93. The van der Waals surface area contributed by atoms with Gasteiger partial charge in [-0.1, -0.05) is 6.07 Å². The van der Waals surface area contributed by atoms with Gasteiger partial charge in [0.15, 0.2) is 11.6 Å². The summed E-state index contributed by atoms with van der Waals surface area (Å²) < 4.78 is 80.9. The fourth-order valence-electron chi connectivity index (χ4n) is 1.61. The number of halogens is 4. The van der Waals surface area contributed by atoms with Crippen LogP contribution >= 0.6 is 0 Å². The van der Waals surface area contributed by atoms with E-state index >= 15 is 0 Å². The van der Waals surface area contributed by atoms with Crippen LogP contribution in [-0.2, 0) is 10.1 Å². The lowest BCUT2D eigenvalue weighted by Gasteiger charge is -2.11. The largest absolute Gasteiger partial charge is 0.534 e. The Labute approximate surface area is 128 Å². The van der Waals surface area contributed by atoms with Gasteiger partial charge in [0.2, 0.25) is 5.88 Å². The van der Waals surface area contributed by atoms with Gasteiger partial charge >= 0.3 is 15.6 Å². The number of nitrogens with zero attached hydrogens (tertiary/aromatic N) is 1. The highest BCUT2D eigenvalue weighted by Crippen LogP contribution is 2.31. The van der Waals surface area contributed by atoms with Crippen LogP contribution in [0.25, 0.3) is 11.1 Å². The van der Waals surface area contributed by atoms with E-state index in [1.54, 1.807) is 0 Å². The molecule has 0 unspecified atom stereocenters. The van der Waals surface area contributed by atoms with E-state index < -0.39 is 27.2 Å². The van der Waals surface area contributed by atoms with Gasteiger partial charge in [-0.15, -0.1) is 0 Å². The molecule has 0 N–H and O–H groups in total. The number of hydrogen-bond donors (Lipinski definition) is 0. The summed E-state index contributed by atoms with van der Waals surface area (Å²) in [6.07, 6.45) is 1.39. The second kappa shape index (κ2) is 6.03. The molecule has 0 aliphatic heterocycles. The Hall–Kier alpha value is -2.36. The summed E-state index contributed by atoms with van der Waals surface area (Å²) in [6, 6.07) is 5.84. The molecular formula is C13H9F4NO4S. The summed E-state index contributed by atoms with van der Waals surface area (Å²) in [5.41, 5.74) is -4.89. The lowest BCUT2D eigenvalue weighted by atomic mass is 10.1. The van der Waals surface area contributed by atoms with E-state index in [-0.39, 0.29) is 11.4 Å². The molecule has 2 aromatic rings. The van der Waals surface area contributed by atoms with E-state index in [0.717, 1.165) is 12.1 Å². The number of methoxy groups -OCH3 is 1. The Kier molecular flexibility index (Phi) is 4.46. The van der Waals surface area contributed by atoms with E-state index in [1.165, 1.54) is 31.5 Å². The van der Waals surface area contributed by atoms with Crippen LogP contribution in [0.2, 0.25) is 0 Å². The summed E-state index contributed by atoms with van der Waals surface area (Å²) in [5, 5.41) is 0. The highest BCUT2D eigenvalue weighted by Gasteiger charge is 2.48. The van der Waals surface area contributed by atoms with Crippen molar-refractivity contribution in [2.75, 3.05) is 7.11 Å². The number of ether oxygens (including phenoxy) is 1. The first kappa shape index (κ1) is 17.0. The Balaban J connectivity index is 2.35. The van der Waals surface area contributed by atoms with Crippen molar-refractivity contribution in [2.45, 2.75) is 5.51 Å². The van der Waals surface area contributed by atoms with E-state index in [2.05, 4.69) is 9.17 Å². The van der Waals surface area contributed by atoms with Crippen molar-refractivity contribution in [3.8, 4) is 22.8 Å². The Morgan fingerprint density at radius 1 is 1.09 bits per heavy atom. The topological polar surface area (TPSA) is 65.5 Å². The highest BCUT2D eigenvalue weighted by atomic mass is 32.2. The average Bonchev–Trinajstić information content (AvgIpc) is 2.48. The summed E-state index contributed by atoms with van der Waals surface area (Å²) in [7, 11) is -4.55. The maximum Gasteiger partial charge on any atom is 0.534 e. The van der Waals surface area contributed by atoms with E-state index in [1.807, 2.05) is 0 Å². The van der Waals surface area contributed by atoms with E-state index in [4.69, 9.17) is 4.74 Å². The van der Waals surface area contributed by atoms with Gasteiger partial charge < -0.3 is 8.92 Å². The summed E-state index contributed by atoms with van der Waals surface area (Å²) >= 11 is 0.